The van der Waals surface area contributed by atoms with E-state index in [0.717, 1.165) is 30.5 Å². The number of likely N-dealkylation sites (tertiary alicyclic amines) is 1. The molecule has 1 aromatic heterocycles. The summed E-state index contributed by atoms with van der Waals surface area (Å²) in [6.45, 7) is 1.20. The van der Waals surface area contributed by atoms with Crippen LogP contribution in [0.3, 0.4) is 0 Å². The van der Waals surface area contributed by atoms with E-state index in [1.54, 1.807) is 0 Å². The molecule has 4 N–H and O–H groups in total. The van der Waals surface area contributed by atoms with E-state index in [9.17, 15) is 9.59 Å². The number of carbonyl (C=O) groups excluding carboxylic acids is 2. The van der Waals surface area contributed by atoms with E-state index in [4.69, 9.17) is 11.5 Å². The molecule has 4 heterocycles. The van der Waals surface area contributed by atoms with Crippen LogP contribution in [-0.2, 0) is 16.1 Å². The highest BCUT2D eigenvalue weighted by Crippen LogP contribution is 2.53. The monoisotopic (exact) mass is 428 g/mol. The Morgan fingerprint density at radius 3 is 2.56 bits per heavy atom. The van der Waals surface area contributed by atoms with Crippen molar-refractivity contribution in [1.29, 1.82) is 0 Å². The highest BCUT2D eigenvalue weighted by Gasteiger charge is 2.62. The van der Waals surface area contributed by atoms with Crippen molar-refractivity contribution >= 4 is 34.5 Å². The summed E-state index contributed by atoms with van der Waals surface area (Å²) in [6, 6.07) is 15.4. The number of aromatic nitrogens is 2. The minimum Gasteiger partial charge on any atom is -0.383 e. The minimum absolute atomic E-state index is 0.0420. The normalized spacial score (nSPS) is 27.3. The lowest BCUT2D eigenvalue weighted by Crippen LogP contribution is -2.38. The van der Waals surface area contributed by atoms with Crippen molar-refractivity contribution < 1.29 is 9.59 Å². The molecule has 0 spiro atoms. The van der Waals surface area contributed by atoms with Crippen LogP contribution in [0.4, 0.5) is 11.8 Å². The number of amides is 2. The molecule has 0 saturated carbocycles. The Labute approximate surface area is 185 Å². The van der Waals surface area contributed by atoms with Gasteiger partial charge in [0.15, 0.2) is 0 Å². The van der Waals surface area contributed by atoms with E-state index in [-0.39, 0.29) is 41.7 Å². The van der Waals surface area contributed by atoms with Gasteiger partial charge in [-0.15, -0.1) is 0 Å². The van der Waals surface area contributed by atoms with Crippen molar-refractivity contribution in [2.75, 3.05) is 18.0 Å². The number of benzene rings is 2. The van der Waals surface area contributed by atoms with Gasteiger partial charge in [-0.2, -0.15) is 4.98 Å². The first kappa shape index (κ1) is 19.2. The van der Waals surface area contributed by atoms with E-state index < -0.39 is 0 Å². The van der Waals surface area contributed by atoms with Crippen molar-refractivity contribution in [3.8, 4) is 0 Å². The lowest BCUT2D eigenvalue weighted by Gasteiger charge is -2.29. The lowest BCUT2D eigenvalue weighted by atomic mass is 9.85. The predicted molar refractivity (Wildman–Crippen MR) is 120 cm³/mol. The van der Waals surface area contributed by atoms with Gasteiger partial charge in [0.25, 0.3) is 0 Å². The maximum Gasteiger partial charge on any atom is 0.235 e. The average molecular weight is 428 g/mol. The van der Waals surface area contributed by atoms with Gasteiger partial charge in [-0.05, 0) is 42.6 Å². The van der Waals surface area contributed by atoms with Gasteiger partial charge in [0, 0.05) is 17.5 Å². The van der Waals surface area contributed by atoms with Gasteiger partial charge in [0.1, 0.15) is 5.82 Å². The molecule has 3 aromatic rings. The predicted octanol–water partition coefficient (Wildman–Crippen LogP) is 2.11. The molecule has 4 unspecified atom stereocenters. The second-order valence-corrected chi connectivity index (χ2v) is 8.94. The molecule has 0 radical (unpaired) electrons. The summed E-state index contributed by atoms with van der Waals surface area (Å²) >= 11 is 0. The fourth-order valence-electron chi connectivity index (χ4n) is 5.96. The molecule has 6 rings (SSSR count). The summed E-state index contributed by atoms with van der Waals surface area (Å²) in [4.78, 5) is 39.2. The summed E-state index contributed by atoms with van der Waals surface area (Å²) in [5.41, 5.74) is 14.5. The number of anilines is 2. The SMILES string of the molecule is Nc1nc(N)c2cc(C3C4C(=O)N(Cc5ccccc5)C(=O)C4C4CCCN43)ccc2n1. The van der Waals surface area contributed by atoms with Crippen LogP contribution < -0.4 is 11.5 Å². The molecule has 3 aliphatic heterocycles. The molecule has 2 amide bonds. The largest absolute Gasteiger partial charge is 0.383 e. The molecular formula is C24H24N6O2. The van der Waals surface area contributed by atoms with Crippen LogP contribution in [0, 0.1) is 11.8 Å². The number of rotatable bonds is 3. The average Bonchev–Trinajstić information content (AvgIpc) is 3.43. The number of imide groups is 1. The minimum atomic E-state index is -0.384. The molecule has 8 heteroatoms. The molecule has 8 nitrogen and oxygen atoms in total. The number of hydrogen-bond donors (Lipinski definition) is 2. The molecular weight excluding hydrogens is 404 g/mol. The molecule has 32 heavy (non-hydrogen) atoms. The third-order valence-electron chi connectivity index (χ3n) is 7.24. The zero-order chi connectivity index (χ0) is 22.0. The topological polar surface area (TPSA) is 118 Å². The quantitative estimate of drug-likeness (QED) is 0.613. The van der Waals surface area contributed by atoms with E-state index in [0.29, 0.717) is 23.3 Å². The molecule has 3 aliphatic rings. The summed E-state index contributed by atoms with van der Waals surface area (Å²) in [5.74, 6) is -0.346. The fourth-order valence-corrected chi connectivity index (χ4v) is 5.96. The zero-order valence-electron chi connectivity index (χ0n) is 17.5. The van der Waals surface area contributed by atoms with Crippen LogP contribution in [0.5, 0.6) is 0 Å². The molecule has 4 atom stereocenters. The molecule has 0 bridgehead atoms. The van der Waals surface area contributed by atoms with Crippen molar-refractivity contribution in [2.24, 2.45) is 11.8 Å². The van der Waals surface area contributed by atoms with Gasteiger partial charge in [-0.3, -0.25) is 19.4 Å². The Balaban J connectivity index is 1.41. The Morgan fingerprint density at radius 1 is 0.969 bits per heavy atom. The first-order valence-corrected chi connectivity index (χ1v) is 11.0. The number of nitrogens with zero attached hydrogens (tertiary/aromatic N) is 4. The third-order valence-corrected chi connectivity index (χ3v) is 7.24. The van der Waals surface area contributed by atoms with Crippen molar-refractivity contribution in [2.45, 2.75) is 31.5 Å². The first-order valence-electron chi connectivity index (χ1n) is 11.0. The van der Waals surface area contributed by atoms with E-state index in [1.165, 1.54) is 4.90 Å². The number of hydrogen-bond acceptors (Lipinski definition) is 7. The third kappa shape index (κ3) is 2.72. The summed E-state index contributed by atoms with van der Waals surface area (Å²) in [7, 11) is 0. The second kappa shape index (κ2) is 7.00. The van der Waals surface area contributed by atoms with Gasteiger partial charge in [0.2, 0.25) is 17.8 Å². The van der Waals surface area contributed by atoms with Crippen LogP contribution in [0.1, 0.15) is 30.0 Å². The van der Waals surface area contributed by atoms with Crippen molar-refractivity contribution in [3.63, 3.8) is 0 Å². The van der Waals surface area contributed by atoms with Crippen LogP contribution in [0.15, 0.2) is 48.5 Å². The second-order valence-electron chi connectivity index (χ2n) is 8.94. The van der Waals surface area contributed by atoms with Gasteiger partial charge < -0.3 is 11.5 Å². The Hall–Kier alpha value is -3.52. The van der Waals surface area contributed by atoms with Gasteiger partial charge in [0.05, 0.1) is 23.9 Å². The fraction of sp³-hybridized carbons (Fsp3) is 0.333. The Bertz CT molecular complexity index is 1250. The highest BCUT2D eigenvalue weighted by molar-refractivity contribution is 6.06. The van der Waals surface area contributed by atoms with Crippen molar-refractivity contribution in [3.05, 3.63) is 59.7 Å². The van der Waals surface area contributed by atoms with Crippen LogP contribution >= 0.6 is 0 Å². The van der Waals surface area contributed by atoms with Gasteiger partial charge in [-0.1, -0.05) is 36.4 Å². The number of carbonyl (C=O) groups is 2. The zero-order valence-corrected chi connectivity index (χ0v) is 17.5. The van der Waals surface area contributed by atoms with Crippen molar-refractivity contribution in [1.82, 2.24) is 19.8 Å². The molecule has 0 aliphatic carbocycles. The van der Waals surface area contributed by atoms with E-state index in [2.05, 4.69) is 14.9 Å². The van der Waals surface area contributed by atoms with Gasteiger partial charge in [-0.25, -0.2) is 4.98 Å². The Kier molecular flexibility index (Phi) is 4.19. The smallest absolute Gasteiger partial charge is 0.235 e. The summed E-state index contributed by atoms with van der Waals surface area (Å²) in [5, 5.41) is 0.716. The van der Waals surface area contributed by atoms with E-state index >= 15 is 0 Å². The highest BCUT2D eigenvalue weighted by atomic mass is 16.2. The first-order chi connectivity index (χ1) is 15.5. The maximum absolute atomic E-state index is 13.6. The lowest BCUT2D eigenvalue weighted by molar-refractivity contribution is -0.142. The molecule has 162 valence electrons. The van der Waals surface area contributed by atoms with Crippen LogP contribution in [0.25, 0.3) is 10.9 Å². The molecule has 3 fully saturated rings. The summed E-state index contributed by atoms with van der Waals surface area (Å²) in [6.07, 6.45) is 1.96. The maximum atomic E-state index is 13.6. The van der Waals surface area contributed by atoms with Crippen LogP contribution in [-0.4, -0.2) is 44.2 Å². The standard InChI is InChI=1S/C24H24N6O2/c25-21-15-11-14(8-9-16(15)27-24(26)28-21)20-19-18(17-7-4-10-29(17)20)22(31)30(23(19)32)12-13-5-2-1-3-6-13/h1-3,5-6,8-9,11,17-20H,4,7,10,12H2,(H4,25,26,27,28). The van der Waals surface area contributed by atoms with Gasteiger partial charge >= 0.3 is 0 Å². The summed E-state index contributed by atoms with van der Waals surface area (Å²) < 4.78 is 0. The van der Waals surface area contributed by atoms with Crippen LogP contribution in [0.2, 0.25) is 0 Å². The number of nitrogen functional groups attached to an aromatic ring is 2. The number of nitrogens with two attached hydrogens (primary N) is 2. The number of fused-ring (bicyclic) bond motifs is 4. The Morgan fingerprint density at radius 2 is 1.75 bits per heavy atom. The molecule has 2 aromatic carbocycles. The van der Waals surface area contributed by atoms with E-state index in [1.807, 2.05) is 48.5 Å². The molecule has 3 saturated heterocycles.